The minimum Gasteiger partial charge on any atom is -0.494 e. The number of hydrogen-bond acceptors (Lipinski definition) is 4. The Morgan fingerprint density at radius 3 is 2.61 bits per heavy atom. The van der Waals surface area contributed by atoms with E-state index < -0.39 is 11.5 Å². The molecular formula is C18H15NO4. The molecule has 0 saturated carbocycles. The lowest BCUT2D eigenvalue weighted by molar-refractivity contribution is 0.0993. The largest absolute Gasteiger partial charge is 0.494 e. The maximum atomic E-state index is 12.2. The molecule has 0 fully saturated rings. The first-order valence-electron chi connectivity index (χ1n) is 7.24. The Morgan fingerprint density at radius 2 is 1.87 bits per heavy atom. The molecule has 1 amide bonds. The van der Waals surface area contributed by atoms with E-state index in [-0.39, 0.29) is 5.76 Å². The second-order valence-corrected chi connectivity index (χ2v) is 4.90. The lowest BCUT2D eigenvalue weighted by Crippen LogP contribution is -2.14. The first-order valence-corrected chi connectivity index (χ1v) is 7.24. The van der Waals surface area contributed by atoms with E-state index in [0.29, 0.717) is 23.1 Å². The highest BCUT2D eigenvalue weighted by molar-refractivity contribution is 6.03. The topological polar surface area (TPSA) is 68.5 Å². The molecule has 3 aromatic rings. The Bertz CT molecular complexity index is 897. The Morgan fingerprint density at radius 1 is 1.13 bits per heavy atom. The molecule has 0 radical (unpaired) electrons. The van der Waals surface area contributed by atoms with Crippen molar-refractivity contribution in [2.24, 2.45) is 0 Å². The van der Waals surface area contributed by atoms with Crippen LogP contribution < -0.4 is 15.7 Å². The lowest BCUT2D eigenvalue weighted by Gasteiger charge is -2.07. The summed E-state index contributed by atoms with van der Waals surface area (Å²) in [4.78, 5) is 24.2. The van der Waals surface area contributed by atoms with Crippen LogP contribution in [0.3, 0.4) is 0 Å². The molecule has 0 aliphatic rings. The van der Waals surface area contributed by atoms with Crippen molar-refractivity contribution in [2.45, 2.75) is 6.92 Å². The summed E-state index contributed by atoms with van der Waals surface area (Å²) in [6.45, 7) is 2.48. The van der Waals surface area contributed by atoms with Gasteiger partial charge in [0.15, 0.2) is 5.76 Å². The van der Waals surface area contributed by atoms with E-state index in [1.807, 2.05) is 6.92 Å². The average molecular weight is 309 g/mol. The molecule has 5 heteroatoms. The number of amides is 1. The van der Waals surface area contributed by atoms with Crippen molar-refractivity contribution in [3.63, 3.8) is 0 Å². The third-order valence-electron chi connectivity index (χ3n) is 3.32. The predicted molar refractivity (Wildman–Crippen MR) is 88.0 cm³/mol. The summed E-state index contributed by atoms with van der Waals surface area (Å²) in [6.07, 6.45) is 0. The van der Waals surface area contributed by atoms with E-state index in [1.165, 1.54) is 0 Å². The van der Waals surface area contributed by atoms with Gasteiger partial charge >= 0.3 is 5.63 Å². The Hall–Kier alpha value is -3.08. The van der Waals surface area contributed by atoms with Crippen LogP contribution in [0.1, 0.15) is 17.5 Å². The summed E-state index contributed by atoms with van der Waals surface area (Å²) in [6, 6.07) is 15.5. The zero-order valence-corrected chi connectivity index (χ0v) is 12.5. The standard InChI is InChI=1S/C18H15NO4/c1-2-22-14-9-7-13(8-10-14)19-17(20)16-11-12-5-3-4-6-15(12)18(21)23-16/h3-11H,2H2,1H3,(H,19,20). The van der Waals surface area contributed by atoms with Crippen molar-refractivity contribution in [3.05, 3.63) is 70.8 Å². The summed E-state index contributed by atoms with van der Waals surface area (Å²) in [5.74, 6) is 0.224. The van der Waals surface area contributed by atoms with Crippen molar-refractivity contribution in [1.29, 1.82) is 0 Å². The Balaban J connectivity index is 1.84. The highest BCUT2D eigenvalue weighted by Crippen LogP contribution is 2.17. The molecule has 0 saturated heterocycles. The highest BCUT2D eigenvalue weighted by Gasteiger charge is 2.12. The number of ether oxygens (including phenoxy) is 1. The average Bonchev–Trinajstić information content (AvgIpc) is 2.57. The number of benzene rings is 2. The van der Waals surface area contributed by atoms with Gasteiger partial charge in [0.2, 0.25) is 0 Å². The summed E-state index contributed by atoms with van der Waals surface area (Å²) >= 11 is 0. The van der Waals surface area contributed by atoms with Crippen molar-refractivity contribution in [1.82, 2.24) is 0 Å². The summed E-state index contributed by atoms with van der Waals surface area (Å²) in [7, 11) is 0. The van der Waals surface area contributed by atoms with Crippen molar-refractivity contribution < 1.29 is 13.9 Å². The van der Waals surface area contributed by atoms with Crippen LogP contribution in [0.2, 0.25) is 0 Å². The minimum atomic E-state index is -0.528. The van der Waals surface area contributed by atoms with E-state index in [2.05, 4.69) is 5.32 Å². The third-order valence-corrected chi connectivity index (χ3v) is 3.32. The molecule has 116 valence electrons. The van der Waals surface area contributed by atoms with Crippen molar-refractivity contribution >= 4 is 22.4 Å². The quantitative estimate of drug-likeness (QED) is 0.801. The molecule has 2 aromatic carbocycles. The van der Waals surface area contributed by atoms with E-state index in [0.717, 1.165) is 5.75 Å². The van der Waals surface area contributed by atoms with E-state index >= 15 is 0 Å². The maximum absolute atomic E-state index is 12.2. The van der Waals surface area contributed by atoms with Gasteiger partial charge in [-0.05, 0) is 48.7 Å². The lowest BCUT2D eigenvalue weighted by atomic mass is 10.1. The molecular weight excluding hydrogens is 294 g/mol. The van der Waals surface area contributed by atoms with Crippen LogP contribution in [-0.2, 0) is 0 Å². The van der Waals surface area contributed by atoms with E-state index in [1.54, 1.807) is 54.6 Å². The number of rotatable bonds is 4. The molecule has 0 unspecified atom stereocenters. The van der Waals surface area contributed by atoms with Gasteiger partial charge in [0, 0.05) is 5.69 Å². The fraction of sp³-hybridized carbons (Fsp3) is 0.111. The normalized spacial score (nSPS) is 10.5. The van der Waals surface area contributed by atoms with Crippen LogP contribution in [-0.4, -0.2) is 12.5 Å². The number of anilines is 1. The van der Waals surface area contributed by atoms with Crippen molar-refractivity contribution in [2.75, 3.05) is 11.9 Å². The summed E-state index contributed by atoms with van der Waals surface area (Å²) < 4.78 is 10.4. The zero-order chi connectivity index (χ0) is 16.2. The molecule has 0 bridgehead atoms. The summed E-state index contributed by atoms with van der Waals surface area (Å²) in [5, 5.41) is 3.81. The number of carbonyl (C=O) groups excluding carboxylic acids is 1. The van der Waals surface area contributed by atoms with Crippen LogP contribution in [0.4, 0.5) is 5.69 Å². The second-order valence-electron chi connectivity index (χ2n) is 4.90. The number of fused-ring (bicyclic) bond motifs is 1. The molecule has 1 heterocycles. The van der Waals surface area contributed by atoms with E-state index in [9.17, 15) is 9.59 Å². The van der Waals surface area contributed by atoms with Crippen LogP contribution in [0.5, 0.6) is 5.75 Å². The molecule has 1 aromatic heterocycles. The number of hydrogen-bond donors (Lipinski definition) is 1. The van der Waals surface area contributed by atoms with Gasteiger partial charge in [-0.3, -0.25) is 4.79 Å². The second kappa shape index (κ2) is 6.36. The molecule has 5 nitrogen and oxygen atoms in total. The van der Waals surface area contributed by atoms with Crippen LogP contribution >= 0.6 is 0 Å². The van der Waals surface area contributed by atoms with E-state index in [4.69, 9.17) is 9.15 Å². The maximum Gasteiger partial charge on any atom is 0.344 e. The molecule has 3 rings (SSSR count). The van der Waals surface area contributed by atoms with Gasteiger partial charge in [-0.1, -0.05) is 18.2 Å². The minimum absolute atomic E-state index is 0.0254. The van der Waals surface area contributed by atoms with Crippen LogP contribution in [0.15, 0.2) is 63.8 Å². The Kier molecular flexibility index (Phi) is 4.10. The van der Waals surface area contributed by atoms with Crippen molar-refractivity contribution in [3.8, 4) is 5.75 Å². The molecule has 0 aliphatic carbocycles. The fourth-order valence-electron chi connectivity index (χ4n) is 2.24. The van der Waals surface area contributed by atoms with Gasteiger partial charge < -0.3 is 14.5 Å². The first-order chi connectivity index (χ1) is 11.2. The fourth-order valence-corrected chi connectivity index (χ4v) is 2.24. The van der Waals surface area contributed by atoms with Gasteiger partial charge in [0.05, 0.1) is 12.0 Å². The van der Waals surface area contributed by atoms with Gasteiger partial charge in [-0.15, -0.1) is 0 Å². The predicted octanol–water partition coefficient (Wildman–Crippen LogP) is 3.44. The summed E-state index contributed by atoms with van der Waals surface area (Å²) in [5.41, 5.74) is 0.0641. The Labute approximate surface area is 132 Å². The van der Waals surface area contributed by atoms with Gasteiger partial charge in [-0.25, -0.2) is 4.79 Å². The van der Waals surface area contributed by atoms with Gasteiger partial charge in [0.25, 0.3) is 5.91 Å². The SMILES string of the molecule is CCOc1ccc(NC(=O)c2cc3ccccc3c(=O)o2)cc1. The highest BCUT2D eigenvalue weighted by atomic mass is 16.5. The van der Waals surface area contributed by atoms with Gasteiger partial charge in [-0.2, -0.15) is 0 Å². The zero-order valence-electron chi connectivity index (χ0n) is 12.5. The number of carbonyl (C=O) groups is 1. The smallest absolute Gasteiger partial charge is 0.344 e. The molecule has 1 N–H and O–H groups in total. The molecule has 0 aliphatic heterocycles. The monoisotopic (exact) mass is 309 g/mol. The van der Waals surface area contributed by atoms with Crippen LogP contribution in [0.25, 0.3) is 10.8 Å². The van der Waals surface area contributed by atoms with Crippen LogP contribution in [0, 0.1) is 0 Å². The number of nitrogens with one attached hydrogen (secondary N) is 1. The molecule has 23 heavy (non-hydrogen) atoms. The molecule has 0 spiro atoms. The third kappa shape index (κ3) is 3.23. The molecule has 0 atom stereocenters. The van der Waals surface area contributed by atoms with Gasteiger partial charge in [0.1, 0.15) is 5.75 Å². The first kappa shape index (κ1) is 14.8.